The van der Waals surface area contributed by atoms with Crippen LogP contribution < -0.4 is 5.32 Å². The zero-order valence-electron chi connectivity index (χ0n) is 14.7. The van der Waals surface area contributed by atoms with Crippen LogP contribution in [-0.2, 0) is 27.2 Å². The maximum Gasteiger partial charge on any atom is 0.307 e. The highest BCUT2D eigenvalue weighted by atomic mass is 79.9. The van der Waals surface area contributed by atoms with Gasteiger partial charge in [0, 0.05) is 22.8 Å². The van der Waals surface area contributed by atoms with Crippen LogP contribution in [0.3, 0.4) is 0 Å². The van der Waals surface area contributed by atoms with Gasteiger partial charge >= 0.3 is 5.97 Å². The number of halogens is 1. The third-order valence-electron chi connectivity index (χ3n) is 4.00. The van der Waals surface area contributed by atoms with Crippen molar-refractivity contribution in [3.8, 4) is 0 Å². The largest absolute Gasteiger partial charge is 0.465 e. The highest BCUT2D eigenvalue weighted by molar-refractivity contribution is 9.10. The Bertz CT molecular complexity index is 920. The third-order valence-corrected chi connectivity index (χ3v) is 4.49. The predicted octanol–water partition coefficient (Wildman–Crippen LogP) is 4.03. The second-order valence-corrected chi connectivity index (χ2v) is 7.04. The van der Waals surface area contributed by atoms with Crippen molar-refractivity contribution in [1.82, 2.24) is 5.32 Å². The molecule has 0 unspecified atom stereocenters. The number of carbonyl (C=O) groups excluding carboxylic acids is 2. The number of hydrogen-bond acceptors (Lipinski definition) is 4. The molecule has 3 rings (SSSR count). The lowest BCUT2D eigenvalue weighted by molar-refractivity contribution is -0.143. The molecule has 0 aliphatic rings. The Morgan fingerprint density at radius 2 is 1.89 bits per heavy atom. The molecule has 1 amide bonds. The van der Waals surface area contributed by atoms with Crippen molar-refractivity contribution in [2.45, 2.75) is 19.3 Å². The first-order chi connectivity index (χ1) is 13.1. The van der Waals surface area contributed by atoms with Crippen LogP contribution in [0.1, 0.15) is 17.7 Å². The van der Waals surface area contributed by atoms with Gasteiger partial charge in [-0.3, -0.25) is 9.59 Å². The Kier molecular flexibility index (Phi) is 6.65. The first kappa shape index (κ1) is 19.2. The fourth-order valence-electron chi connectivity index (χ4n) is 2.68. The molecule has 1 aromatic heterocycles. The minimum Gasteiger partial charge on any atom is -0.465 e. The summed E-state index contributed by atoms with van der Waals surface area (Å²) in [5, 5.41) is 3.74. The van der Waals surface area contributed by atoms with Crippen molar-refractivity contribution in [3.63, 3.8) is 0 Å². The normalized spacial score (nSPS) is 10.7. The van der Waals surface area contributed by atoms with E-state index in [2.05, 4.69) is 21.2 Å². The number of rotatable bonds is 8. The minimum absolute atomic E-state index is 0.109. The third kappa shape index (κ3) is 5.96. The van der Waals surface area contributed by atoms with E-state index in [-0.39, 0.29) is 31.4 Å². The van der Waals surface area contributed by atoms with Crippen LogP contribution in [0.5, 0.6) is 0 Å². The van der Waals surface area contributed by atoms with Gasteiger partial charge in [0.25, 0.3) is 0 Å². The second kappa shape index (κ2) is 9.37. The SMILES string of the molecule is O=C(Cc1ccccc1)NCCC(=O)OCCc1cc2cc(Br)ccc2o1. The zero-order chi connectivity index (χ0) is 19.1. The van der Waals surface area contributed by atoms with Gasteiger partial charge in [0.15, 0.2) is 0 Å². The van der Waals surface area contributed by atoms with Crippen molar-refractivity contribution in [2.75, 3.05) is 13.2 Å². The molecule has 6 heteroatoms. The van der Waals surface area contributed by atoms with Gasteiger partial charge in [0.2, 0.25) is 5.91 Å². The Labute approximate surface area is 165 Å². The standard InChI is InChI=1S/C21H20BrNO4/c22-17-6-7-19-16(13-17)14-18(27-19)9-11-26-21(25)8-10-23-20(24)12-15-4-2-1-3-5-15/h1-7,13-14H,8-12H2,(H,23,24). The lowest BCUT2D eigenvalue weighted by Gasteiger charge is -2.06. The number of carbonyl (C=O) groups is 2. The molecule has 0 bridgehead atoms. The average Bonchev–Trinajstić information content (AvgIpc) is 3.04. The van der Waals surface area contributed by atoms with Gasteiger partial charge in [-0.1, -0.05) is 46.3 Å². The summed E-state index contributed by atoms with van der Waals surface area (Å²) in [6, 6.07) is 17.2. The smallest absolute Gasteiger partial charge is 0.307 e. The van der Waals surface area contributed by atoms with Gasteiger partial charge < -0.3 is 14.5 Å². The van der Waals surface area contributed by atoms with Crippen molar-refractivity contribution in [2.24, 2.45) is 0 Å². The van der Waals surface area contributed by atoms with Crippen LogP contribution in [0.25, 0.3) is 11.0 Å². The van der Waals surface area contributed by atoms with E-state index in [1.807, 2.05) is 54.6 Å². The second-order valence-electron chi connectivity index (χ2n) is 6.13. The molecule has 0 spiro atoms. The summed E-state index contributed by atoms with van der Waals surface area (Å²) in [6.07, 6.45) is 0.962. The number of nitrogens with one attached hydrogen (secondary N) is 1. The molecule has 0 aliphatic carbocycles. The molecule has 2 aromatic carbocycles. The topological polar surface area (TPSA) is 68.5 Å². The molecule has 140 valence electrons. The number of ether oxygens (including phenoxy) is 1. The number of furan rings is 1. The van der Waals surface area contributed by atoms with Gasteiger partial charge in [0.05, 0.1) is 19.4 Å². The highest BCUT2D eigenvalue weighted by Gasteiger charge is 2.08. The van der Waals surface area contributed by atoms with Gasteiger partial charge in [-0.15, -0.1) is 0 Å². The minimum atomic E-state index is -0.339. The van der Waals surface area contributed by atoms with E-state index in [4.69, 9.17) is 9.15 Å². The maximum absolute atomic E-state index is 11.8. The summed E-state index contributed by atoms with van der Waals surface area (Å²) in [7, 11) is 0. The molecule has 0 aliphatic heterocycles. The zero-order valence-corrected chi connectivity index (χ0v) is 16.3. The molecule has 27 heavy (non-hydrogen) atoms. The monoisotopic (exact) mass is 429 g/mol. The Morgan fingerprint density at radius 1 is 1.07 bits per heavy atom. The molecule has 0 radical (unpaired) electrons. The van der Waals surface area contributed by atoms with E-state index in [0.29, 0.717) is 12.8 Å². The van der Waals surface area contributed by atoms with Crippen molar-refractivity contribution < 1.29 is 18.7 Å². The van der Waals surface area contributed by atoms with Crippen molar-refractivity contribution >= 4 is 38.8 Å². The van der Waals surface area contributed by atoms with E-state index in [1.165, 1.54) is 0 Å². The summed E-state index contributed by atoms with van der Waals surface area (Å²) in [6.45, 7) is 0.515. The summed E-state index contributed by atoms with van der Waals surface area (Å²) in [5.74, 6) is 0.323. The van der Waals surface area contributed by atoms with Gasteiger partial charge in [0.1, 0.15) is 11.3 Å². The van der Waals surface area contributed by atoms with E-state index < -0.39 is 0 Å². The lowest BCUT2D eigenvalue weighted by Crippen LogP contribution is -2.28. The Balaban J connectivity index is 1.34. The number of esters is 1. The average molecular weight is 430 g/mol. The first-order valence-electron chi connectivity index (χ1n) is 8.74. The molecular formula is C21H20BrNO4. The molecular weight excluding hydrogens is 410 g/mol. The fourth-order valence-corrected chi connectivity index (χ4v) is 3.06. The van der Waals surface area contributed by atoms with Crippen LogP contribution in [0, 0.1) is 0 Å². The van der Waals surface area contributed by atoms with Gasteiger partial charge in [-0.2, -0.15) is 0 Å². The molecule has 1 N–H and O–H groups in total. The number of fused-ring (bicyclic) bond motifs is 1. The summed E-state index contributed by atoms with van der Waals surface area (Å²) in [5.41, 5.74) is 1.75. The number of hydrogen-bond donors (Lipinski definition) is 1. The van der Waals surface area contributed by atoms with E-state index in [9.17, 15) is 9.59 Å². The highest BCUT2D eigenvalue weighted by Crippen LogP contribution is 2.23. The van der Waals surface area contributed by atoms with Crippen molar-refractivity contribution in [1.29, 1.82) is 0 Å². The van der Waals surface area contributed by atoms with Crippen LogP contribution in [0.2, 0.25) is 0 Å². The molecule has 0 saturated heterocycles. The Morgan fingerprint density at radius 3 is 2.70 bits per heavy atom. The van der Waals surface area contributed by atoms with Crippen LogP contribution in [-0.4, -0.2) is 25.0 Å². The molecule has 3 aromatic rings. The van der Waals surface area contributed by atoms with Crippen LogP contribution in [0.4, 0.5) is 0 Å². The van der Waals surface area contributed by atoms with Gasteiger partial charge in [-0.05, 0) is 29.8 Å². The van der Waals surface area contributed by atoms with E-state index >= 15 is 0 Å². The summed E-state index contributed by atoms with van der Waals surface area (Å²) in [4.78, 5) is 23.6. The molecule has 5 nitrogen and oxygen atoms in total. The molecule has 1 heterocycles. The molecule has 0 atom stereocenters. The summed E-state index contributed by atoms with van der Waals surface area (Å²) < 4.78 is 11.9. The van der Waals surface area contributed by atoms with E-state index in [1.54, 1.807) is 0 Å². The number of amides is 1. The first-order valence-corrected chi connectivity index (χ1v) is 9.54. The van der Waals surface area contributed by atoms with Crippen LogP contribution >= 0.6 is 15.9 Å². The lowest BCUT2D eigenvalue weighted by atomic mass is 10.1. The summed E-state index contributed by atoms with van der Waals surface area (Å²) >= 11 is 3.42. The Hall–Kier alpha value is -2.60. The predicted molar refractivity (Wildman–Crippen MR) is 106 cm³/mol. The van der Waals surface area contributed by atoms with Gasteiger partial charge in [-0.25, -0.2) is 0 Å². The number of benzene rings is 2. The maximum atomic E-state index is 11.8. The quantitative estimate of drug-likeness (QED) is 0.548. The van der Waals surface area contributed by atoms with E-state index in [0.717, 1.165) is 26.8 Å². The van der Waals surface area contributed by atoms with Crippen molar-refractivity contribution in [3.05, 3.63) is 70.4 Å². The van der Waals surface area contributed by atoms with Crippen LogP contribution in [0.15, 0.2) is 63.5 Å². The fraction of sp³-hybridized carbons (Fsp3) is 0.238. The molecule has 0 saturated carbocycles. The molecule has 0 fully saturated rings.